The van der Waals surface area contributed by atoms with Crippen molar-refractivity contribution >= 4 is 17.2 Å². The fraction of sp³-hybridized carbons (Fsp3) is 0.250. The molecule has 1 amide bonds. The van der Waals surface area contributed by atoms with E-state index in [4.69, 9.17) is 5.11 Å². The second kappa shape index (κ2) is 8.20. The van der Waals surface area contributed by atoms with Gasteiger partial charge in [-0.2, -0.15) is 0 Å². The summed E-state index contributed by atoms with van der Waals surface area (Å²) in [4.78, 5) is 17.5. The normalized spacial score (nSPS) is 9.76. The molecule has 0 aliphatic carbocycles. The zero-order valence-corrected chi connectivity index (χ0v) is 12.3. The number of aliphatic hydroxyl groups is 1. The maximum atomic E-state index is 12.1. The molecule has 5 heteroatoms. The predicted molar refractivity (Wildman–Crippen MR) is 83.2 cm³/mol. The van der Waals surface area contributed by atoms with Crippen molar-refractivity contribution in [3.05, 3.63) is 52.0 Å². The van der Waals surface area contributed by atoms with Crippen LogP contribution in [0.2, 0.25) is 0 Å². The van der Waals surface area contributed by atoms with Crippen molar-refractivity contribution in [2.45, 2.75) is 12.8 Å². The van der Waals surface area contributed by atoms with Crippen LogP contribution in [0.5, 0.6) is 0 Å². The highest BCUT2D eigenvalue weighted by Gasteiger charge is 2.10. The van der Waals surface area contributed by atoms with E-state index in [1.807, 2.05) is 17.5 Å². The van der Waals surface area contributed by atoms with Gasteiger partial charge < -0.3 is 10.4 Å². The molecule has 0 aliphatic heterocycles. The third-order valence-corrected chi connectivity index (χ3v) is 3.66. The van der Waals surface area contributed by atoms with E-state index in [9.17, 15) is 4.79 Å². The molecule has 0 saturated heterocycles. The Hall–Kier alpha value is -2.16. The molecular formula is C16H16N2O2S. The average Bonchev–Trinajstić information content (AvgIpc) is 3.01. The van der Waals surface area contributed by atoms with Crippen LogP contribution >= 0.6 is 11.3 Å². The second-order valence-electron chi connectivity index (χ2n) is 4.26. The quantitative estimate of drug-likeness (QED) is 0.828. The standard InChI is InChI=1S/C16H16N2O2S/c19-11-2-1-5-13-6-3-9-17-15(13)16(20)18-10-8-14-7-4-12-21-14/h3-4,6-7,9,12,19H,2,8,10-11H2,(H,18,20). The maximum Gasteiger partial charge on any atom is 0.271 e. The summed E-state index contributed by atoms with van der Waals surface area (Å²) >= 11 is 1.67. The molecule has 0 aliphatic rings. The predicted octanol–water partition coefficient (Wildman–Crippen LogP) is 1.85. The first-order valence-electron chi connectivity index (χ1n) is 6.66. The highest BCUT2D eigenvalue weighted by molar-refractivity contribution is 7.09. The molecule has 0 unspecified atom stereocenters. The minimum absolute atomic E-state index is 0.00953. The lowest BCUT2D eigenvalue weighted by Gasteiger charge is -2.05. The van der Waals surface area contributed by atoms with Gasteiger partial charge in [0.25, 0.3) is 5.91 Å². The van der Waals surface area contributed by atoms with Gasteiger partial charge in [-0.05, 0) is 30.0 Å². The van der Waals surface area contributed by atoms with Crippen molar-refractivity contribution in [1.29, 1.82) is 0 Å². The van der Waals surface area contributed by atoms with E-state index in [0.29, 0.717) is 24.2 Å². The topological polar surface area (TPSA) is 62.2 Å². The Labute approximate surface area is 127 Å². The number of carbonyl (C=O) groups excluding carboxylic acids is 1. The van der Waals surface area contributed by atoms with Crippen LogP contribution in [0.3, 0.4) is 0 Å². The van der Waals surface area contributed by atoms with Gasteiger partial charge >= 0.3 is 0 Å². The summed E-state index contributed by atoms with van der Waals surface area (Å²) in [5, 5.41) is 13.6. The lowest BCUT2D eigenvalue weighted by Crippen LogP contribution is -2.27. The highest BCUT2D eigenvalue weighted by atomic mass is 32.1. The molecule has 21 heavy (non-hydrogen) atoms. The van der Waals surface area contributed by atoms with Crippen molar-refractivity contribution < 1.29 is 9.90 Å². The Morgan fingerprint density at radius 2 is 2.29 bits per heavy atom. The second-order valence-corrected chi connectivity index (χ2v) is 5.29. The fourth-order valence-electron chi connectivity index (χ4n) is 1.74. The van der Waals surface area contributed by atoms with E-state index in [0.717, 1.165) is 6.42 Å². The third-order valence-electron chi connectivity index (χ3n) is 2.72. The monoisotopic (exact) mass is 300 g/mol. The smallest absolute Gasteiger partial charge is 0.271 e. The zero-order valence-electron chi connectivity index (χ0n) is 11.5. The molecule has 0 atom stereocenters. The van der Waals surface area contributed by atoms with Crippen LogP contribution in [-0.2, 0) is 6.42 Å². The van der Waals surface area contributed by atoms with Gasteiger partial charge in [-0.25, -0.2) is 4.98 Å². The van der Waals surface area contributed by atoms with Gasteiger partial charge in [-0.15, -0.1) is 11.3 Å². The molecule has 0 radical (unpaired) electrons. The fourth-order valence-corrected chi connectivity index (χ4v) is 2.45. The van der Waals surface area contributed by atoms with Crippen molar-refractivity contribution in [1.82, 2.24) is 10.3 Å². The van der Waals surface area contributed by atoms with E-state index < -0.39 is 0 Å². The minimum atomic E-state index is -0.222. The number of aliphatic hydroxyl groups excluding tert-OH is 1. The van der Waals surface area contributed by atoms with Crippen LogP contribution in [-0.4, -0.2) is 29.1 Å². The summed E-state index contributed by atoms with van der Waals surface area (Å²) in [5.74, 6) is 5.45. The number of nitrogens with zero attached hydrogens (tertiary/aromatic N) is 1. The van der Waals surface area contributed by atoms with E-state index in [1.165, 1.54) is 4.88 Å². The first-order chi connectivity index (χ1) is 10.3. The molecule has 0 aromatic carbocycles. The van der Waals surface area contributed by atoms with Crippen LogP contribution in [0.15, 0.2) is 35.8 Å². The number of rotatable bonds is 5. The van der Waals surface area contributed by atoms with Gasteiger partial charge in [0.2, 0.25) is 0 Å². The highest BCUT2D eigenvalue weighted by Crippen LogP contribution is 2.08. The summed E-state index contributed by atoms with van der Waals surface area (Å²) in [7, 11) is 0. The van der Waals surface area contributed by atoms with E-state index in [1.54, 1.807) is 29.7 Å². The number of thiophene rings is 1. The van der Waals surface area contributed by atoms with E-state index in [2.05, 4.69) is 22.1 Å². The van der Waals surface area contributed by atoms with Crippen LogP contribution in [0.25, 0.3) is 0 Å². The molecule has 108 valence electrons. The van der Waals surface area contributed by atoms with Gasteiger partial charge in [0.05, 0.1) is 12.2 Å². The summed E-state index contributed by atoms with van der Waals surface area (Å²) in [6, 6.07) is 7.54. The SMILES string of the molecule is O=C(NCCc1cccs1)c1ncccc1C#CCCO. The molecule has 4 nitrogen and oxygen atoms in total. The third kappa shape index (κ3) is 4.71. The van der Waals surface area contributed by atoms with Crippen molar-refractivity contribution in [3.8, 4) is 11.8 Å². The van der Waals surface area contributed by atoms with Crippen LogP contribution in [0.1, 0.15) is 27.3 Å². The number of aromatic nitrogens is 1. The van der Waals surface area contributed by atoms with Gasteiger partial charge in [0, 0.05) is 24.0 Å². The average molecular weight is 300 g/mol. The number of nitrogens with one attached hydrogen (secondary N) is 1. The molecule has 2 rings (SSSR count). The maximum absolute atomic E-state index is 12.1. The minimum Gasteiger partial charge on any atom is -0.395 e. The Bertz CT molecular complexity index is 642. The molecule has 2 aromatic rings. The Morgan fingerprint density at radius 1 is 1.38 bits per heavy atom. The zero-order chi connectivity index (χ0) is 14.9. The van der Waals surface area contributed by atoms with Gasteiger partial charge in [0.1, 0.15) is 5.69 Å². The molecule has 0 saturated carbocycles. The Kier molecular flexibility index (Phi) is 5.95. The lowest BCUT2D eigenvalue weighted by molar-refractivity contribution is 0.0949. The molecule has 0 spiro atoms. The van der Waals surface area contributed by atoms with Crippen molar-refractivity contribution in [3.63, 3.8) is 0 Å². The molecule has 0 fully saturated rings. The number of pyridine rings is 1. The summed E-state index contributed by atoms with van der Waals surface area (Å²) < 4.78 is 0. The van der Waals surface area contributed by atoms with E-state index >= 15 is 0 Å². The molecular weight excluding hydrogens is 284 g/mol. The van der Waals surface area contributed by atoms with Gasteiger partial charge in [0.15, 0.2) is 0 Å². The first kappa shape index (κ1) is 15.2. The summed E-state index contributed by atoms with van der Waals surface area (Å²) in [6.45, 7) is 0.578. The van der Waals surface area contributed by atoms with Gasteiger partial charge in [-0.3, -0.25) is 4.79 Å². The van der Waals surface area contributed by atoms with Crippen molar-refractivity contribution in [2.75, 3.05) is 13.2 Å². The van der Waals surface area contributed by atoms with Gasteiger partial charge in [-0.1, -0.05) is 17.9 Å². The Morgan fingerprint density at radius 3 is 3.05 bits per heavy atom. The summed E-state index contributed by atoms with van der Waals surface area (Å²) in [6.07, 6.45) is 2.77. The number of hydrogen-bond acceptors (Lipinski definition) is 4. The number of amides is 1. The number of carbonyl (C=O) groups is 1. The van der Waals surface area contributed by atoms with Crippen LogP contribution < -0.4 is 5.32 Å². The van der Waals surface area contributed by atoms with Crippen molar-refractivity contribution in [2.24, 2.45) is 0 Å². The molecule has 2 N–H and O–H groups in total. The Balaban J connectivity index is 1.97. The number of hydrogen-bond donors (Lipinski definition) is 2. The molecule has 0 bridgehead atoms. The van der Waals surface area contributed by atoms with Crippen LogP contribution in [0, 0.1) is 11.8 Å². The molecule has 2 aromatic heterocycles. The van der Waals surface area contributed by atoms with E-state index in [-0.39, 0.29) is 12.5 Å². The van der Waals surface area contributed by atoms with Crippen LogP contribution in [0.4, 0.5) is 0 Å². The molecule has 2 heterocycles. The summed E-state index contributed by atoms with van der Waals surface area (Å²) in [5.41, 5.74) is 0.911. The first-order valence-corrected chi connectivity index (χ1v) is 7.54. The lowest BCUT2D eigenvalue weighted by atomic mass is 10.2. The largest absolute Gasteiger partial charge is 0.395 e.